The van der Waals surface area contributed by atoms with E-state index < -0.39 is 0 Å². The molecule has 1 aromatic heterocycles. The van der Waals surface area contributed by atoms with Gasteiger partial charge in [0.1, 0.15) is 0 Å². The number of nitrogens with zero attached hydrogens (tertiary/aromatic N) is 1. The number of nitrogens with one attached hydrogen (secondary N) is 2. The highest BCUT2D eigenvalue weighted by atomic mass is 16.2. The fraction of sp³-hybridized carbons (Fsp3) is 0.533. The molecule has 0 atom stereocenters. The molecular weight excluding hydrogens is 254 g/mol. The Morgan fingerprint density at radius 3 is 2.40 bits per heavy atom. The van der Waals surface area contributed by atoms with Crippen LogP contribution in [0.3, 0.4) is 0 Å². The first-order chi connectivity index (χ1) is 9.77. The average Bonchev–Trinajstić information content (AvgIpc) is 2.53. The Hall–Kier alpha value is -1.91. The van der Waals surface area contributed by atoms with Crippen molar-refractivity contribution >= 4 is 11.8 Å². The lowest BCUT2D eigenvalue weighted by molar-refractivity contribution is -0.125. The van der Waals surface area contributed by atoms with Gasteiger partial charge in [-0.2, -0.15) is 0 Å². The fourth-order valence-electron chi connectivity index (χ4n) is 2.48. The van der Waals surface area contributed by atoms with Gasteiger partial charge < -0.3 is 10.6 Å². The van der Waals surface area contributed by atoms with Gasteiger partial charge in [-0.25, -0.2) is 0 Å². The van der Waals surface area contributed by atoms with E-state index in [2.05, 4.69) is 15.6 Å². The molecule has 1 saturated carbocycles. The molecule has 1 aromatic rings. The third-order valence-corrected chi connectivity index (χ3v) is 3.63. The van der Waals surface area contributed by atoms with Gasteiger partial charge in [0.25, 0.3) is 5.91 Å². The van der Waals surface area contributed by atoms with Crippen LogP contribution in [-0.2, 0) is 4.79 Å². The van der Waals surface area contributed by atoms with Gasteiger partial charge in [-0.3, -0.25) is 14.6 Å². The first kappa shape index (κ1) is 14.5. The van der Waals surface area contributed by atoms with Crippen molar-refractivity contribution in [3.8, 4) is 0 Å². The molecule has 0 bridgehead atoms. The van der Waals surface area contributed by atoms with Crippen LogP contribution in [-0.4, -0.2) is 29.9 Å². The highest BCUT2D eigenvalue weighted by Gasteiger charge is 2.20. The van der Waals surface area contributed by atoms with E-state index in [-0.39, 0.29) is 17.7 Å². The maximum absolute atomic E-state index is 11.9. The van der Waals surface area contributed by atoms with Gasteiger partial charge in [-0.15, -0.1) is 0 Å². The van der Waals surface area contributed by atoms with Crippen molar-refractivity contribution in [3.05, 3.63) is 30.1 Å². The van der Waals surface area contributed by atoms with Crippen LogP contribution >= 0.6 is 0 Å². The van der Waals surface area contributed by atoms with E-state index in [1.165, 1.54) is 6.42 Å². The molecule has 1 fully saturated rings. The minimum atomic E-state index is -0.140. The van der Waals surface area contributed by atoms with Crippen molar-refractivity contribution in [1.29, 1.82) is 0 Å². The molecule has 1 aliphatic rings. The zero-order valence-corrected chi connectivity index (χ0v) is 11.6. The van der Waals surface area contributed by atoms with E-state index in [1.807, 2.05) is 0 Å². The minimum absolute atomic E-state index is 0.128. The normalized spacial score (nSPS) is 15.6. The smallest absolute Gasteiger partial charge is 0.251 e. The Morgan fingerprint density at radius 2 is 1.70 bits per heavy atom. The van der Waals surface area contributed by atoms with Crippen LogP contribution in [0.2, 0.25) is 0 Å². The largest absolute Gasteiger partial charge is 0.354 e. The molecule has 0 unspecified atom stereocenters. The second kappa shape index (κ2) is 7.62. The molecule has 2 amide bonds. The van der Waals surface area contributed by atoms with Crippen LogP contribution in [0.25, 0.3) is 0 Å². The SMILES string of the molecule is O=C(NCCNC(=O)C1CCCCC1)c1ccncc1. The van der Waals surface area contributed by atoms with Crippen LogP contribution in [0.4, 0.5) is 0 Å². The van der Waals surface area contributed by atoms with Crippen molar-refractivity contribution in [2.45, 2.75) is 32.1 Å². The Bertz CT molecular complexity index is 442. The topological polar surface area (TPSA) is 71.1 Å². The number of carbonyl (C=O) groups is 2. The molecule has 0 aromatic carbocycles. The van der Waals surface area contributed by atoms with Crippen LogP contribution < -0.4 is 10.6 Å². The predicted molar refractivity (Wildman–Crippen MR) is 76.2 cm³/mol. The quantitative estimate of drug-likeness (QED) is 0.800. The summed E-state index contributed by atoms with van der Waals surface area (Å²) in [5.74, 6) is 0.154. The summed E-state index contributed by atoms with van der Waals surface area (Å²) >= 11 is 0. The first-order valence-electron chi connectivity index (χ1n) is 7.23. The van der Waals surface area contributed by atoms with Crippen molar-refractivity contribution in [2.75, 3.05) is 13.1 Å². The molecule has 0 saturated heterocycles. The van der Waals surface area contributed by atoms with Crippen LogP contribution in [0.5, 0.6) is 0 Å². The summed E-state index contributed by atoms with van der Waals surface area (Å²) in [6.07, 6.45) is 8.70. The maximum Gasteiger partial charge on any atom is 0.251 e. The Morgan fingerprint density at radius 1 is 1.05 bits per heavy atom. The number of hydrogen-bond donors (Lipinski definition) is 2. The highest BCUT2D eigenvalue weighted by molar-refractivity contribution is 5.93. The fourth-order valence-corrected chi connectivity index (χ4v) is 2.48. The second-order valence-electron chi connectivity index (χ2n) is 5.12. The summed E-state index contributed by atoms with van der Waals surface area (Å²) in [7, 11) is 0. The van der Waals surface area contributed by atoms with E-state index in [0.29, 0.717) is 18.7 Å². The summed E-state index contributed by atoms with van der Waals surface area (Å²) in [5, 5.41) is 5.67. The zero-order valence-electron chi connectivity index (χ0n) is 11.6. The molecule has 2 N–H and O–H groups in total. The molecule has 2 rings (SSSR count). The van der Waals surface area contributed by atoms with Crippen LogP contribution in [0.15, 0.2) is 24.5 Å². The molecule has 5 heteroatoms. The van der Waals surface area contributed by atoms with Gasteiger partial charge in [0.05, 0.1) is 0 Å². The second-order valence-corrected chi connectivity index (χ2v) is 5.12. The number of carbonyl (C=O) groups excluding carboxylic acids is 2. The molecule has 0 radical (unpaired) electrons. The first-order valence-corrected chi connectivity index (χ1v) is 7.23. The van der Waals surface area contributed by atoms with Crippen molar-refractivity contribution in [1.82, 2.24) is 15.6 Å². The Balaban J connectivity index is 1.64. The maximum atomic E-state index is 11.9. The molecule has 1 aliphatic carbocycles. The summed E-state index contributed by atoms with van der Waals surface area (Å²) < 4.78 is 0. The molecule has 5 nitrogen and oxygen atoms in total. The van der Waals surface area contributed by atoms with E-state index >= 15 is 0 Å². The highest BCUT2D eigenvalue weighted by Crippen LogP contribution is 2.23. The van der Waals surface area contributed by atoms with E-state index in [9.17, 15) is 9.59 Å². The van der Waals surface area contributed by atoms with Gasteiger partial charge in [-0.1, -0.05) is 19.3 Å². The van der Waals surface area contributed by atoms with E-state index in [4.69, 9.17) is 0 Å². The lowest BCUT2D eigenvalue weighted by atomic mass is 9.89. The average molecular weight is 275 g/mol. The number of pyridine rings is 1. The van der Waals surface area contributed by atoms with Crippen molar-refractivity contribution < 1.29 is 9.59 Å². The molecule has 0 spiro atoms. The zero-order chi connectivity index (χ0) is 14.2. The molecule has 108 valence electrons. The number of rotatable bonds is 5. The number of amides is 2. The van der Waals surface area contributed by atoms with Gasteiger partial charge in [0.15, 0.2) is 0 Å². The van der Waals surface area contributed by atoms with Crippen molar-refractivity contribution in [2.24, 2.45) is 5.92 Å². The monoisotopic (exact) mass is 275 g/mol. The Labute approximate surface area is 119 Å². The van der Waals surface area contributed by atoms with Gasteiger partial charge in [-0.05, 0) is 25.0 Å². The number of aromatic nitrogens is 1. The van der Waals surface area contributed by atoms with Crippen LogP contribution in [0, 0.1) is 5.92 Å². The summed E-state index contributed by atoms with van der Waals surface area (Å²) in [6, 6.07) is 3.33. The standard InChI is InChI=1S/C15H21N3O2/c19-14(12-4-2-1-3-5-12)17-10-11-18-15(20)13-6-8-16-9-7-13/h6-9,12H,1-5,10-11H2,(H,17,19)(H,18,20). The van der Waals surface area contributed by atoms with Gasteiger partial charge in [0.2, 0.25) is 5.91 Å². The molecular formula is C15H21N3O2. The molecule has 0 aliphatic heterocycles. The lowest BCUT2D eigenvalue weighted by Crippen LogP contribution is -2.38. The molecule has 20 heavy (non-hydrogen) atoms. The summed E-state index contributed by atoms with van der Waals surface area (Å²) in [4.78, 5) is 27.5. The molecule has 1 heterocycles. The number of hydrogen-bond acceptors (Lipinski definition) is 3. The van der Waals surface area contributed by atoms with Crippen LogP contribution in [0.1, 0.15) is 42.5 Å². The lowest BCUT2D eigenvalue weighted by Gasteiger charge is -2.20. The predicted octanol–water partition coefficient (Wildman–Crippen LogP) is 1.51. The van der Waals surface area contributed by atoms with Crippen molar-refractivity contribution in [3.63, 3.8) is 0 Å². The third kappa shape index (κ3) is 4.33. The summed E-state index contributed by atoms with van der Waals surface area (Å²) in [6.45, 7) is 0.922. The summed E-state index contributed by atoms with van der Waals surface area (Å²) in [5.41, 5.74) is 0.582. The Kier molecular flexibility index (Phi) is 5.53. The van der Waals surface area contributed by atoms with Gasteiger partial charge in [0, 0.05) is 37.0 Å². The third-order valence-electron chi connectivity index (χ3n) is 3.63. The minimum Gasteiger partial charge on any atom is -0.354 e. The van der Waals surface area contributed by atoms with E-state index in [0.717, 1.165) is 25.7 Å². The van der Waals surface area contributed by atoms with Gasteiger partial charge >= 0.3 is 0 Å². The van der Waals surface area contributed by atoms with E-state index in [1.54, 1.807) is 24.5 Å².